The van der Waals surface area contributed by atoms with Crippen LogP contribution in [0.25, 0.3) is 0 Å². The van der Waals surface area contributed by atoms with Gasteiger partial charge in [-0.3, -0.25) is 19.4 Å². The average Bonchev–Trinajstić information content (AvgIpc) is 3.21. The van der Waals surface area contributed by atoms with E-state index in [1.54, 1.807) is 6.20 Å². The Balaban J connectivity index is 1.53. The summed E-state index contributed by atoms with van der Waals surface area (Å²) in [7, 11) is 1.93. The molecule has 0 aromatic carbocycles. The quantitative estimate of drug-likeness (QED) is 0.855. The first-order chi connectivity index (χ1) is 12.2. The van der Waals surface area contributed by atoms with Crippen molar-refractivity contribution in [3.05, 3.63) is 48.0 Å². The molecule has 1 spiro atoms. The Kier molecular flexibility index (Phi) is 4.29. The predicted molar refractivity (Wildman–Crippen MR) is 94.5 cm³/mol. The van der Waals surface area contributed by atoms with E-state index in [1.165, 1.54) is 5.56 Å². The predicted octanol–water partition coefficient (Wildman–Crippen LogP) is 1.97. The summed E-state index contributed by atoms with van der Waals surface area (Å²) in [5, 5.41) is 4.27. The van der Waals surface area contributed by atoms with Gasteiger partial charge in [-0.25, -0.2) is 0 Å². The Morgan fingerprint density at radius 2 is 2.00 bits per heavy atom. The largest absolute Gasteiger partial charge is 0.335 e. The third kappa shape index (κ3) is 3.06. The van der Waals surface area contributed by atoms with Crippen LogP contribution in [0.4, 0.5) is 0 Å². The fraction of sp³-hybridized carbons (Fsp3) is 0.526. The first-order valence-electron chi connectivity index (χ1n) is 9.09. The normalized spacial score (nSPS) is 24.4. The number of carbonyl (C=O) groups is 1. The van der Waals surface area contributed by atoms with Crippen molar-refractivity contribution in [2.75, 3.05) is 13.1 Å². The van der Waals surface area contributed by atoms with Crippen molar-refractivity contribution >= 4 is 5.91 Å². The van der Waals surface area contributed by atoms with Gasteiger partial charge in [-0.15, -0.1) is 0 Å². The summed E-state index contributed by atoms with van der Waals surface area (Å²) in [5.41, 5.74) is 1.81. The molecule has 1 atom stereocenters. The Bertz CT molecular complexity index is 743. The van der Waals surface area contributed by atoms with Gasteiger partial charge in [-0.05, 0) is 44.4 Å². The molecule has 0 radical (unpaired) electrons. The minimum Gasteiger partial charge on any atom is -0.335 e. The van der Waals surface area contributed by atoms with E-state index < -0.39 is 0 Å². The molecule has 1 unspecified atom stereocenters. The smallest absolute Gasteiger partial charge is 0.243 e. The number of amides is 1. The second kappa shape index (κ2) is 6.59. The fourth-order valence-electron chi connectivity index (χ4n) is 4.37. The summed E-state index contributed by atoms with van der Waals surface area (Å²) in [6, 6.07) is 5.89. The van der Waals surface area contributed by atoms with Gasteiger partial charge >= 0.3 is 0 Å². The number of piperidine rings is 1. The van der Waals surface area contributed by atoms with E-state index in [2.05, 4.69) is 15.0 Å². The number of carbonyl (C=O) groups excluding carboxylic acids is 1. The van der Waals surface area contributed by atoms with Crippen LogP contribution in [0, 0.1) is 0 Å². The summed E-state index contributed by atoms with van der Waals surface area (Å²) < 4.78 is 1.83. The third-order valence-corrected chi connectivity index (χ3v) is 5.54. The molecular formula is C19H25N5O. The van der Waals surface area contributed by atoms with Crippen LogP contribution < -0.4 is 0 Å². The Labute approximate surface area is 148 Å². The first kappa shape index (κ1) is 16.3. The fourth-order valence-corrected chi connectivity index (χ4v) is 4.37. The zero-order valence-corrected chi connectivity index (χ0v) is 14.8. The molecule has 0 N–H and O–H groups in total. The lowest BCUT2D eigenvalue weighted by Gasteiger charge is -2.44. The highest BCUT2D eigenvalue weighted by Crippen LogP contribution is 2.39. The summed E-state index contributed by atoms with van der Waals surface area (Å²) in [6.45, 7) is 3.23. The molecule has 1 amide bonds. The maximum Gasteiger partial charge on any atom is 0.243 e. The molecule has 132 valence electrons. The maximum atomic E-state index is 13.4. The minimum atomic E-state index is -0.330. The van der Waals surface area contributed by atoms with Crippen LogP contribution in [0.15, 0.2) is 36.8 Å². The molecule has 0 saturated carbocycles. The molecular weight excluding hydrogens is 314 g/mol. The number of hydrogen-bond acceptors (Lipinski definition) is 4. The third-order valence-electron chi connectivity index (χ3n) is 5.54. The monoisotopic (exact) mass is 339 g/mol. The second-order valence-electron chi connectivity index (χ2n) is 7.23. The lowest BCUT2D eigenvalue weighted by Crippen LogP contribution is -2.59. The van der Waals surface area contributed by atoms with Gasteiger partial charge in [0, 0.05) is 38.1 Å². The van der Waals surface area contributed by atoms with Crippen molar-refractivity contribution in [1.29, 1.82) is 0 Å². The van der Waals surface area contributed by atoms with Crippen LogP contribution in [0.2, 0.25) is 0 Å². The zero-order chi connectivity index (χ0) is 17.3. The lowest BCUT2D eigenvalue weighted by molar-refractivity contribution is -0.148. The van der Waals surface area contributed by atoms with E-state index in [4.69, 9.17) is 0 Å². The van der Waals surface area contributed by atoms with Crippen molar-refractivity contribution in [2.24, 2.45) is 7.05 Å². The van der Waals surface area contributed by atoms with Gasteiger partial charge in [0.1, 0.15) is 5.54 Å². The van der Waals surface area contributed by atoms with Crippen molar-refractivity contribution in [2.45, 2.75) is 44.3 Å². The Morgan fingerprint density at radius 1 is 1.16 bits per heavy atom. The standard InChI is InChI=1S/C19H25N5O/c1-22-13-16(12-21-22)14-24-11-5-8-19(24)7-4-10-23(18(19)25)15-17-6-2-3-9-20-17/h2-3,6,9,12-13H,4-5,7-8,10-11,14-15H2,1H3. The van der Waals surface area contributed by atoms with Gasteiger partial charge in [0.05, 0.1) is 18.4 Å². The number of pyridine rings is 1. The summed E-state index contributed by atoms with van der Waals surface area (Å²) in [4.78, 5) is 22.2. The highest BCUT2D eigenvalue weighted by Gasteiger charge is 2.50. The number of nitrogens with zero attached hydrogens (tertiary/aromatic N) is 5. The molecule has 2 aliphatic heterocycles. The summed E-state index contributed by atoms with van der Waals surface area (Å²) >= 11 is 0. The van der Waals surface area contributed by atoms with Crippen molar-refractivity contribution in [3.8, 4) is 0 Å². The lowest BCUT2D eigenvalue weighted by atomic mass is 9.85. The van der Waals surface area contributed by atoms with E-state index in [0.29, 0.717) is 6.54 Å². The van der Waals surface area contributed by atoms with Gasteiger partial charge in [0.15, 0.2) is 0 Å². The highest BCUT2D eigenvalue weighted by molar-refractivity contribution is 5.87. The van der Waals surface area contributed by atoms with Crippen LogP contribution in [0.5, 0.6) is 0 Å². The van der Waals surface area contributed by atoms with Crippen LogP contribution in [0.1, 0.15) is 36.9 Å². The average molecular weight is 339 g/mol. The van der Waals surface area contributed by atoms with Gasteiger partial charge in [-0.2, -0.15) is 5.10 Å². The molecule has 2 aliphatic rings. The topological polar surface area (TPSA) is 54.3 Å². The molecule has 0 aliphatic carbocycles. The van der Waals surface area contributed by atoms with Crippen LogP contribution in [-0.4, -0.2) is 49.1 Å². The van der Waals surface area contributed by atoms with Crippen molar-refractivity contribution in [1.82, 2.24) is 24.6 Å². The van der Waals surface area contributed by atoms with Crippen LogP contribution in [0.3, 0.4) is 0 Å². The molecule has 6 heteroatoms. The van der Waals surface area contributed by atoms with E-state index in [1.807, 2.05) is 47.2 Å². The van der Waals surface area contributed by atoms with Crippen molar-refractivity contribution in [3.63, 3.8) is 0 Å². The van der Waals surface area contributed by atoms with Gasteiger partial charge in [0.2, 0.25) is 5.91 Å². The van der Waals surface area contributed by atoms with E-state index in [-0.39, 0.29) is 11.4 Å². The number of aryl methyl sites for hydroxylation is 1. The minimum absolute atomic E-state index is 0.283. The SMILES string of the molecule is Cn1cc(CN2CCCC23CCCN(Cc2ccccn2)C3=O)cn1. The van der Waals surface area contributed by atoms with E-state index in [9.17, 15) is 4.79 Å². The maximum absolute atomic E-state index is 13.4. The van der Waals surface area contributed by atoms with Crippen molar-refractivity contribution < 1.29 is 4.79 Å². The van der Waals surface area contributed by atoms with Gasteiger partial charge in [-0.1, -0.05) is 6.07 Å². The Morgan fingerprint density at radius 3 is 2.72 bits per heavy atom. The van der Waals surface area contributed by atoms with E-state index in [0.717, 1.165) is 51.0 Å². The van der Waals surface area contributed by atoms with Gasteiger partial charge in [0.25, 0.3) is 0 Å². The molecule has 2 aromatic heterocycles. The molecule has 2 saturated heterocycles. The number of aromatic nitrogens is 3. The van der Waals surface area contributed by atoms with E-state index >= 15 is 0 Å². The molecule has 4 heterocycles. The molecule has 0 bridgehead atoms. The Hall–Kier alpha value is -2.21. The molecule has 2 fully saturated rings. The molecule has 25 heavy (non-hydrogen) atoms. The second-order valence-corrected chi connectivity index (χ2v) is 7.23. The zero-order valence-electron chi connectivity index (χ0n) is 14.8. The number of likely N-dealkylation sites (tertiary alicyclic amines) is 2. The van der Waals surface area contributed by atoms with Crippen LogP contribution >= 0.6 is 0 Å². The van der Waals surface area contributed by atoms with Crippen LogP contribution in [-0.2, 0) is 24.9 Å². The van der Waals surface area contributed by atoms with Gasteiger partial charge < -0.3 is 4.90 Å². The molecule has 6 nitrogen and oxygen atoms in total. The summed E-state index contributed by atoms with van der Waals surface area (Å²) in [5.74, 6) is 0.283. The first-order valence-corrected chi connectivity index (χ1v) is 9.09. The molecule has 2 aromatic rings. The number of hydrogen-bond donors (Lipinski definition) is 0. The highest BCUT2D eigenvalue weighted by atomic mass is 16.2. The summed E-state index contributed by atoms with van der Waals surface area (Å²) in [6.07, 6.45) is 9.82. The number of rotatable bonds is 4. The molecule has 4 rings (SSSR count).